The van der Waals surface area contributed by atoms with Crippen LogP contribution in [0.4, 0.5) is 0 Å². The summed E-state index contributed by atoms with van der Waals surface area (Å²) in [6, 6.07) is 7.53. The van der Waals surface area contributed by atoms with Gasteiger partial charge in [-0.05, 0) is 23.8 Å². The molecule has 1 aromatic heterocycles. The lowest BCUT2D eigenvalue weighted by Gasteiger charge is -2.08. The zero-order valence-corrected chi connectivity index (χ0v) is 8.61. The van der Waals surface area contributed by atoms with Gasteiger partial charge in [0, 0.05) is 5.56 Å². The van der Waals surface area contributed by atoms with Crippen molar-refractivity contribution >= 4 is 0 Å². The van der Waals surface area contributed by atoms with E-state index in [9.17, 15) is 0 Å². The Kier molecular flexibility index (Phi) is 2.63. The summed E-state index contributed by atoms with van der Waals surface area (Å²) >= 11 is 0. The molecular formula is C12H11O3. The number of methoxy groups -OCH3 is 2. The second-order valence-electron chi connectivity index (χ2n) is 3.01. The molecule has 0 aliphatic heterocycles. The SMILES string of the molecule is COc1ccc(-c2[c]occ2)cc1OC. The summed E-state index contributed by atoms with van der Waals surface area (Å²) in [6.45, 7) is 0. The van der Waals surface area contributed by atoms with Crippen molar-refractivity contribution in [3.63, 3.8) is 0 Å². The second kappa shape index (κ2) is 4.09. The van der Waals surface area contributed by atoms with Gasteiger partial charge in [0.05, 0.1) is 20.5 Å². The predicted molar refractivity (Wildman–Crippen MR) is 56.1 cm³/mol. The largest absolute Gasteiger partial charge is 0.493 e. The molecule has 0 fully saturated rings. The molecule has 0 N–H and O–H groups in total. The maximum absolute atomic E-state index is 5.21. The molecule has 1 radical (unpaired) electrons. The zero-order valence-electron chi connectivity index (χ0n) is 8.61. The van der Waals surface area contributed by atoms with Crippen molar-refractivity contribution in [1.29, 1.82) is 0 Å². The molecule has 77 valence electrons. The molecule has 0 bridgehead atoms. The standard InChI is InChI=1S/C12H11O3/c1-13-11-4-3-9(7-12(11)14-2)10-5-6-15-8-10/h3-7H,1-2H3. The van der Waals surface area contributed by atoms with Crippen molar-refractivity contribution in [2.24, 2.45) is 0 Å². The van der Waals surface area contributed by atoms with E-state index in [2.05, 4.69) is 6.26 Å². The first-order valence-corrected chi connectivity index (χ1v) is 4.52. The van der Waals surface area contributed by atoms with Crippen molar-refractivity contribution in [1.82, 2.24) is 0 Å². The summed E-state index contributed by atoms with van der Waals surface area (Å²) in [7, 11) is 3.22. The van der Waals surface area contributed by atoms with E-state index in [1.54, 1.807) is 20.5 Å². The monoisotopic (exact) mass is 203 g/mol. The third-order valence-electron chi connectivity index (χ3n) is 2.17. The van der Waals surface area contributed by atoms with Gasteiger partial charge < -0.3 is 13.9 Å². The number of hydrogen-bond donors (Lipinski definition) is 0. The number of hydrogen-bond acceptors (Lipinski definition) is 3. The number of benzene rings is 1. The summed E-state index contributed by atoms with van der Waals surface area (Å²) in [6.07, 6.45) is 4.36. The van der Waals surface area contributed by atoms with Crippen molar-refractivity contribution in [2.45, 2.75) is 0 Å². The molecule has 0 aliphatic carbocycles. The van der Waals surface area contributed by atoms with E-state index in [4.69, 9.17) is 13.9 Å². The van der Waals surface area contributed by atoms with Crippen molar-refractivity contribution in [2.75, 3.05) is 14.2 Å². The normalized spacial score (nSPS) is 10.0. The average molecular weight is 203 g/mol. The average Bonchev–Trinajstić information content (AvgIpc) is 2.81. The van der Waals surface area contributed by atoms with E-state index < -0.39 is 0 Å². The Balaban J connectivity index is 2.43. The molecule has 0 saturated carbocycles. The van der Waals surface area contributed by atoms with Crippen LogP contribution in [0.2, 0.25) is 0 Å². The maximum atomic E-state index is 5.21. The molecular weight excluding hydrogens is 192 g/mol. The maximum Gasteiger partial charge on any atom is 0.177 e. The Bertz CT molecular complexity index is 432. The Morgan fingerprint density at radius 1 is 1.07 bits per heavy atom. The lowest BCUT2D eigenvalue weighted by molar-refractivity contribution is 0.355. The van der Waals surface area contributed by atoms with Gasteiger partial charge in [-0.1, -0.05) is 6.07 Å². The lowest BCUT2D eigenvalue weighted by Crippen LogP contribution is -1.90. The summed E-state index contributed by atoms with van der Waals surface area (Å²) in [5, 5.41) is 0. The molecule has 0 atom stereocenters. The van der Waals surface area contributed by atoms with E-state index >= 15 is 0 Å². The van der Waals surface area contributed by atoms with Crippen LogP contribution in [-0.4, -0.2) is 14.2 Å². The van der Waals surface area contributed by atoms with E-state index in [1.165, 1.54) is 0 Å². The topological polar surface area (TPSA) is 31.6 Å². The molecule has 0 saturated heterocycles. The molecule has 2 aromatic rings. The van der Waals surface area contributed by atoms with Gasteiger partial charge in [-0.3, -0.25) is 0 Å². The molecule has 0 spiro atoms. The van der Waals surface area contributed by atoms with Crippen LogP contribution in [0.3, 0.4) is 0 Å². The Morgan fingerprint density at radius 3 is 2.47 bits per heavy atom. The first-order chi connectivity index (χ1) is 7.35. The van der Waals surface area contributed by atoms with Crippen molar-refractivity contribution in [3.8, 4) is 22.6 Å². The Morgan fingerprint density at radius 2 is 1.87 bits per heavy atom. The van der Waals surface area contributed by atoms with E-state index in [0.29, 0.717) is 11.5 Å². The quantitative estimate of drug-likeness (QED) is 0.768. The molecule has 1 heterocycles. The smallest absolute Gasteiger partial charge is 0.177 e. The van der Waals surface area contributed by atoms with Crippen LogP contribution in [0.25, 0.3) is 11.1 Å². The van der Waals surface area contributed by atoms with Crippen LogP contribution in [0.15, 0.2) is 34.9 Å². The first-order valence-electron chi connectivity index (χ1n) is 4.52. The van der Waals surface area contributed by atoms with E-state index in [-0.39, 0.29) is 0 Å². The summed E-state index contributed by atoms with van der Waals surface area (Å²) < 4.78 is 15.3. The fourth-order valence-electron chi connectivity index (χ4n) is 1.39. The number of rotatable bonds is 3. The highest BCUT2D eigenvalue weighted by molar-refractivity contribution is 5.65. The Hall–Kier alpha value is -1.90. The highest BCUT2D eigenvalue weighted by Crippen LogP contribution is 2.31. The summed E-state index contributed by atoms with van der Waals surface area (Å²) in [5.41, 5.74) is 1.89. The predicted octanol–water partition coefficient (Wildman–Crippen LogP) is 2.76. The Labute approximate surface area is 88.2 Å². The van der Waals surface area contributed by atoms with Crippen LogP contribution in [0, 0.1) is 6.26 Å². The van der Waals surface area contributed by atoms with Gasteiger partial charge in [0.25, 0.3) is 0 Å². The zero-order chi connectivity index (χ0) is 10.7. The minimum Gasteiger partial charge on any atom is -0.493 e. The van der Waals surface area contributed by atoms with Gasteiger partial charge in [-0.15, -0.1) is 0 Å². The molecule has 2 rings (SSSR count). The van der Waals surface area contributed by atoms with Crippen molar-refractivity contribution in [3.05, 3.63) is 36.8 Å². The lowest BCUT2D eigenvalue weighted by atomic mass is 10.1. The highest BCUT2D eigenvalue weighted by atomic mass is 16.5. The molecule has 0 aliphatic rings. The van der Waals surface area contributed by atoms with E-state index in [0.717, 1.165) is 11.1 Å². The summed E-state index contributed by atoms with van der Waals surface area (Å²) in [4.78, 5) is 0. The molecule has 1 aromatic carbocycles. The second-order valence-corrected chi connectivity index (χ2v) is 3.01. The third-order valence-corrected chi connectivity index (χ3v) is 2.17. The van der Waals surface area contributed by atoms with Crippen molar-refractivity contribution < 1.29 is 13.9 Å². The van der Waals surface area contributed by atoms with Crippen LogP contribution in [-0.2, 0) is 0 Å². The highest BCUT2D eigenvalue weighted by Gasteiger charge is 2.06. The fraction of sp³-hybridized carbons (Fsp3) is 0.167. The van der Waals surface area contributed by atoms with Gasteiger partial charge in [0.15, 0.2) is 17.8 Å². The van der Waals surface area contributed by atoms with Gasteiger partial charge in [-0.25, -0.2) is 0 Å². The van der Waals surface area contributed by atoms with Crippen LogP contribution < -0.4 is 9.47 Å². The van der Waals surface area contributed by atoms with Crippen LogP contribution in [0.5, 0.6) is 11.5 Å². The van der Waals surface area contributed by atoms with Gasteiger partial charge >= 0.3 is 0 Å². The molecule has 0 unspecified atom stereocenters. The first kappa shape index (κ1) is 9.65. The van der Waals surface area contributed by atoms with Crippen LogP contribution >= 0.6 is 0 Å². The summed E-state index contributed by atoms with van der Waals surface area (Å²) in [5.74, 6) is 1.41. The molecule has 3 heteroatoms. The molecule has 0 amide bonds. The van der Waals surface area contributed by atoms with E-state index in [1.807, 2.05) is 24.3 Å². The van der Waals surface area contributed by atoms with Crippen LogP contribution in [0.1, 0.15) is 0 Å². The number of furan rings is 1. The fourth-order valence-corrected chi connectivity index (χ4v) is 1.39. The number of ether oxygens (including phenoxy) is 2. The minimum atomic E-state index is 0.699. The third kappa shape index (κ3) is 1.81. The van der Waals surface area contributed by atoms with Gasteiger partial charge in [0.1, 0.15) is 0 Å². The van der Waals surface area contributed by atoms with Gasteiger partial charge in [0.2, 0.25) is 0 Å². The molecule has 3 nitrogen and oxygen atoms in total. The molecule has 15 heavy (non-hydrogen) atoms. The minimum absolute atomic E-state index is 0.699. The van der Waals surface area contributed by atoms with Gasteiger partial charge in [-0.2, -0.15) is 0 Å².